The molecule has 2 aromatic rings. The number of para-hydroxylation sites is 2. The molecule has 0 bridgehead atoms. The Hall–Kier alpha value is -1.81. The first-order valence-electron chi connectivity index (χ1n) is 7.33. The Kier molecular flexibility index (Phi) is 4.91. The molecule has 1 aromatic carbocycles. The van der Waals surface area contributed by atoms with Crippen LogP contribution in [-0.2, 0) is 12.8 Å². The van der Waals surface area contributed by atoms with Crippen molar-refractivity contribution in [2.45, 2.75) is 26.7 Å². The van der Waals surface area contributed by atoms with Crippen LogP contribution in [-0.4, -0.2) is 24.1 Å². The molecule has 1 aliphatic carbocycles. The lowest BCUT2D eigenvalue weighted by molar-refractivity contribution is 0.415. The number of methoxy groups -OCH3 is 1. The van der Waals surface area contributed by atoms with Crippen molar-refractivity contribution in [2.75, 3.05) is 19.1 Å². The molecule has 4 nitrogen and oxygen atoms in total. The smallest absolute Gasteiger partial charge is 0.142 e. The molecular weight excluding hydrogens is 298 g/mol. The summed E-state index contributed by atoms with van der Waals surface area (Å²) in [4.78, 5) is 11.4. The molecule has 1 aromatic heterocycles. The van der Waals surface area contributed by atoms with Gasteiger partial charge in [0, 0.05) is 18.3 Å². The SMILES string of the molecule is COc1ccccc1N(C)c1nc(C)nc2c1CC(C)C2.Cl. The molecule has 0 aliphatic heterocycles. The molecule has 5 heteroatoms. The Bertz CT molecular complexity index is 675. The Morgan fingerprint density at radius 2 is 1.91 bits per heavy atom. The van der Waals surface area contributed by atoms with E-state index in [-0.39, 0.29) is 12.4 Å². The molecule has 3 rings (SSSR count). The van der Waals surface area contributed by atoms with Gasteiger partial charge in [-0.15, -0.1) is 12.4 Å². The van der Waals surface area contributed by atoms with Gasteiger partial charge < -0.3 is 9.64 Å². The second kappa shape index (κ2) is 6.53. The lowest BCUT2D eigenvalue weighted by atomic mass is 10.1. The van der Waals surface area contributed by atoms with Crippen LogP contribution in [0.1, 0.15) is 24.0 Å². The van der Waals surface area contributed by atoms with Gasteiger partial charge in [0.2, 0.25) is 0 Å². The van der Waals surface area contributed by atoms with Gasteiger partial charge in [-0.25, -0.2) is 9.97 Å². The minimum atomic E-state index is 0. The third kappa shape index (κ3) is 2.88. The zero-order valence-electron chi connectivity index (χ0n) is 13.5. The molecular formula is C17H22ClN3O. The topological polar surface area (TPSA) is 38.2 Å². The summed E-state index contributed by atoms with van der Waals surface area (Å²) in [6.07, 6.45) is 2.09. The fraction of sp³-hybridized carbons (Fsp3) is 0.412. The number of benzene rings is 1. The van der Waals surface area contributed by atoms with E-state index >= 15 is 0 Å². The molecule has 22 heavy (non-hydrogen) atoms. The third-order valence-electron chi connectivity index (χ3n) is 4.04. The lowest BCUT2D eigenvalue weighted by Gasteiger charge is -2.23. The first kappa shape index (κ1) is 16.6. The zero-order chi connectivity index (χ0) is 15.0. The van der Waals surface area contributed by atoms with E-state index in [1.54, 1.807) is 7.11 Å². The van der Waals surface area contributed by atoms with Gasteiger partial charge in [0.1, 0.15) is 17.4 Å². The quantitative estimate of drug-likeness (QED) is 0.864. The van der Waals surface area contributed by atoms with Crippen molar-refractivity contribution < 1.29 is 4.74 Å². The van der Waals surface area contributed by atoms with Crippen molar-refractivity contribution >= 4 is 23.9 Å². The van der Waals surface area contributed by atoms with Crippen LogP contribution in [0.4, 0.5) is 11.5 Å². The number of hydrogen-bond acceptors (Lipinski definition) is 4. The molecule has 0 saturated carbocycles. The summed E-state index contributed by atoms with van der Waals surface area (Å²) in [5.74, 6) is 3.34. The molecule has 0 N–H and O–H groups in total. The summed E-state index contributed by atoms with van der Waals surface area (Å²) in [6.45, 7) is 4.23. The number of halogens is 1. The van der Waals surface area contributed by atoms with E-state index in [1.165, 1.54) is 11.3 Å². The summed E-state index contributed by atoms with van der Waals surface area (Å²) in [6, 6.07) is 8.03. The van der Waals surface area contributed by atoms with E-state index in [4.69, 9.17) is 9.72 Å². The number of nitrogens with zero attached hydrogens (tertiary/aromatic N) is 3. The highest BCUT2D eigenvalue weighted by molar-refractivity contribution is 5.85. The molecule has 1 unspecified atom stereocenters. The van der Waals surface area contributed by atoms with E-state index in [9.17, 15) is 0 Å². The Balaban J connectivity index is 0.00000176. The standard InChI is InChI=1S/C17H21N3O.ClH/c1-11-9-13-14(10-11)18-12(2)19-17(13)20(3)15-7-5-6-8-16(15)21-4;/h5-8,11H,9-10H2,1-4H3;1H. The largest absolute Gasteiger partial charge is 0.495 e. The van der Waals surface area contributed by atoms with Crippen LogP contribution in [0.3, 0.4) is 0 Å². The van der Waals surface area contributed by atoms with Crippen molar-refractivity contribution in [2.24, 2.45) is 5.92 Å². The first-order chi connectivity index (χ1) is 10.1. The molecule has 118 valence electrons. The first-order valence-corrected chi connectivity index (χ1v) is 7.33. The van der Waals surface area contributed by atoms with Gasteiger partial charge in [-0.05, 0) is 37.8 Å². The maximum Gasteiger partial charge on any atom is 0.142 e. The van der Waals surface area contributed by atoms with E-state index in [0.717, 1.165) is 35.9 Å². The minimum Gasteiger partial charge on any atom is -0.495 e. The Morgan fingerprint density at radius 3 is 2.64 bits per heavy atom. The number of fused-ring (bicyclic) bond motifs is 1. The van der Waals surface area contributed by atoms with Gasteiger partial charge in [0.25, 0.3) is 0 Å². The highest BCUT2D eigenvalue weighted by atomic mass is 35.5. The van der Waals surface area contributed by atoms with Gasteiger partial charge >= 0.3 is 0 Å². The van der Waals surface area contributed by atoms with Crippen molar-refractivity contribution in [1.82, 2.24) is 9.97 Å². The van der Waals surface area contributed by atoms with Gasteiger partial charge in [-0.3, -0.25) is 0 Å². The number of anilines is 2. The van der Waals surface area contributed by atoms with Gasteiger partial charge in [0.15, 0.2) is 0 Å². The summed E-state index contributed by atoms with van der Waals surface area (Å²) in [5, 5.41) is 0. The fourth-order valence-corrected chi connectivity index (χ4v) is 3.06. The predicted octanol–water partition coefficient (Wildman–Crippen LogP) is 3.72. The maximum absolute atomic E-state index is 5.47. The Morgan fingerprint density at radius 1 is 1.18 bits per heavy atom. The molecule has 0 saturated heterocycles. The third-order valence-corrected chi connectivity index (χ3v) is 4.04. The van der Waals surface area contributed by atoms with Crippen LogP contribution >= 0.6 is 12.4 Å². The Labute approximate surface area is 138 Å². The summed E-state index contributed by atoms with van der Waals surface area (Å²) in [5.41, 5.74) is 3.51. The van der Waals surface area contributed by atoms with Crippen LogP contribution in [0.5, 0.6) is 5.75 Å². The summed E-state index contributed by atoms with van der Waals surface area (Å²) < 4.78 is 5.47. The molecule has 0 amide bonds. The molecule has 0 spiro atoms. The van der Waals surface area contributed by atoms with Crippen LogP contribution in [0.15, 0.2) is 24.3 Å². The number of hydrogen-bond donors (Lipinski definition) is 0. The molecule has 0 fully saturated rings. The van der Waals surface area contributed by atoms with Crippen LogP contribution in [0.2, 0.25) is 0 Å². The van der Waals surface area contributed by atoms with E-state index in [1.807, 2.05) is 32.2 Å². The van der Waals surface area contributed by atoms with Crippen LogP contribution in [0, 0.1) is 12.8 Å². The lowest BCUT2D eigenvalue weighted by Crippen LogP contribution is -2.16. The zero-order valence-corrected chi connectivity index (χ0v) is 14.3. The average molecular weight is 320 g/mol. The average Bonchev–Trinajstić information content (AvgIpc) is 2.85. The number of aromatic nitrogens is 2. The molecule has 1 aliphatic rings. The number of aryl methyl sites for hydroxylation is 1. The molecule has 1 heterocycles. The van der Waals surface area contributed by atoms with Crippen molar-refractivity contribution in [1.29, 1.82) is 0 Å². The fourth-order valence-electron chi connectivity index (χ4n) is 3.06. The van der Waals surface area contributed by atoms with E-state index in [2.05, 4.69) is 22.9 Å². The van der Waals surface area contributed by atoms with Crippen molar-refractivity contribution in [3.63, 3.8) is 0 Å². The second-order valence-electron chi connectivity index (χ2n) is 5.76. The number of ether oxygens (including phenoxy) is 1. The predicted molar refractivity (Wildman–Crippen MR) is 91.6 cm³/mol. The van der Waals surface area contributed by atoms with Gasteiger partial charge in [-0.2, -0.15) is 0 Å². The highest BCUT2D eigenvalue weighted by Gasteiger charge is 2.26. The van der Waals surface area contributed by atoms with Crippen molar-refractivity contribution in [3.8, 4) is 5.75 Å². The number of rotatable bonds is 3. The minimum absolute atomic E-state index is 0. The second-order valence-corrected chi connectivity index (χ2v) is 5.76. The van der Waals surface area contributed by atoms with Gasteiger partial charge in [0.05, 0.1) is 12.8 Å². The van der Waals surface area contributed by atoms with Crippen LogP contribution in [0.25, 0.3) is 0 Å². The molecule has 0 radical (unpaired) electrons. The maximum atomic E-state index is 5.47. The summed E-state index contributed by atoms with van der Waals surface area (Å²) in [7, 11) is 3.74. The monoisotopic (exact) mass is 319 g/mol. The highest BCUT2D eigenvalue weighted by Crippen LogP contribution is 2.37. The van der Waals surface area contributed by atoms with E-state index < -0.39 is 0 Å². The van der Waals surface area contributed by atoms with E-state index in [0.29, 0.717) is 5.92 Å². The van der Waals surface area contributed by atoms with Gasteiger partial charge in [-0.1, -0.05) is 19.1 Å². The summed E-state index contributed by atoms with van der Waals surface area (Å²) >= 11 is 0. The normalized spacial score (nSPS) is 15.9. The molecule has 1 atom stereocenters. The van der Waals surface area contributed by atoms with Crippen molar-refractivity contribution in [3.05, 3.63) is 41.3 Å². The van der Waals surface area contributed by atoms with Crippen LogP contribution < -0.4 is 9.64 Å².